The van der Waals surface area contributed by atoms with E-state index in [0.29, 0.717) is 30.4 Å². The van der Waals surface area contributed by atoms with Gasteiger partial charge in [0.2, 0.25) is 5.95 Å². The second kappa shape index (κ2) is 7.33. The first-order valence-corrected chi connectivity index (χ1v) is 9.78. The number of amides is 1. The van der Waals surface area contributed by atoms with Crippen LogP contribution in [0.2, 0.25) is 0 Å². The molecule has 0 spiro atoms. The molecule has 2 aromatic heterocycles. The molecular weight excluding hydrogens is 358 g/mol. The van der Waals surface area contributed by atoms with Crippen LogP contribution in [-0.2, 0) is 4.74 Å². The first-order valence-electron chi connectivity index (χ1n) is 9.78. The molecule has 28 heavy (non-hydrogen) atoms. The van der Waals surface area contributed by atoms with E-state index in [-0.39, 0.29) is 11.9 Å². The van der Waals surface area contributed by atoms with Gasteiger partial charge in [-0.25, -0.2) is 9.97 Å². The summed E-state index contributed by atoms with van der Waals surface area (Å²) in [5, 5.41) is 15.5. The number of ether oxygens (including phenoxy) is 1. The monoisotopic (exact) mass is 381 g/mol. The Morgan fingerprint density at radius 1 is 1.18 bits per heavy atom. The van der Waals surface area contributed by atoms with Gasteiger partial charge in [-0.1, -0.05) is 6.07 Å². The van der Waals surface area contributed by atoms with Gasteiger partial charge in [0.05, 0.1) is 13.2 Å². The molecule has 0 unspecified atom stereocenters. The van der Waals surface area contributed by atoms with E-state index in [1.165, 1.54) is 0 Å². The molecule has 1 aromatic carbocycles. The number of fused-ring (bicyclic) bond motifs is 3. The lowest BCUT2D eigenvalue weighted by molar-refractivity contribution is 0.0926. The third-order valence-corrected chi connectivity index (χ3v) is 5.46. The molecule has 2 aliphatic heterocycles. The Hall–Kier alpha value is -2.78. The van der Waals surface area contributed by atoms with Crippen LogP contribution in [0, 0.1) is 0 Å². The molecule has 0 saturated carbocycles. The molecule has 3 aromatic rings. The number of rotatable bonds is 3. The van der Waals surface area contributed by atoms with Crippen LogP contribution in [0.5, 0.6) is 0 Å². The van der Waals surface area contributed by atoms with Crippen molar-refractivity contribution >= 4 is 33.7 Å². The van der Waals surface area contributed by atoms with E-state index >= 15 is 0 Å². The molecule has 1 amide bonds. The number of carbonyl (C=O) groups is 1. The van der Waals surface area contributed by atoms with E-state index in [4.69, 9.17) is 9.72 Å². The van der Waals surface area contributed by atoms with Crippen LogP contribution < -0.4 is 15.5 Å². The van der Waals surface area contributed by atoms with E-state index in [9.17, 15) is 4.79 Å². The largest absolute Gasteiger partial charge is 0.378 e. The Morgan fingerprint density at radius 3 is 2.82 bits per heavy atom. The van der Waals surface area contributed by atoms with Gasteiger partial charge < -0.3 is 20.3 Å². The summed E-state index contributed by atoms with van der Waals surface area (Å²) in [6, 6.07) is 4.05. The van der Waals surface area contributed by atoms with Crippen molar-refractivity contribution in [3.05, 3.63) is 24.0 Å². The van der Waals surface area contributed by atoms with Gasteiger partial charge in [0.25, 0.3) is 5.91 Å². The number of piperidine rings is 1. The fourth-order valence-corrected chi connectivity index (χ4v) is 3.87. The van der Waals surface area contributed by atoms with Gasteiger partial charge in [-0.2, -0.15) is 5.10 Å². The van der Waals surface area contributed by atoms with E-state index in [2.05, 4.69) is 30.7 Å². The fourth-order valence-electron chi connectivity index (χ4n) is 3.87. The number of benzene rings is 1. The Kier molecular flexibility index (Phi) is 4.53. The molecule has 2 saturated heterocycles. The van der Waals surface area contributed by atoms with Gasteiger partial charge in [-0.05, 0) is 32.0 Å². The zero-order valence-electron chi connectivity index (χ0n) is 15.6. The quantitative estimate of drug-likeness (QED) is 0.616. The third kappa shape index (κ3) is 3.16. The molecule has 4 heterocycles. The Morgan fingerprint density at radius 2 is 2.00 bits per heavy atom. The SMILES string of the molecule is O=C(NC1CCNCC1)c1[nH]nc2c1ccc1cnc(N3CCOCC3)nc12. The first kappa shape index (κ1) is 17.3. The van der Waals surface area contributed by atoms with Crippen LogP contribution in [0.25, 0.3) is 21.8 Å². The van der Waals surface area contributed by atoms with Crippen molar-refractivity contribution < 1.29 is 9.53 Å². The Bertz CT molecular complexity index is 1010. The maximum atomic E-state index is 12.8. The molecule has 3 N–H and O–H groups in total. The van der Waals surface area contributed by atoms with Gasteiger partial charge in [0, 0.05) is 36.1 Å². The van der Waals surface area contributed by atoms with Crippen molar-refractivity contribution in [2.45, 2.75) is 18.9 Å². The van der Waals surface area contributed by atoms with Crippen molar-refractivity contribution in [1.29, 1.82) is 0 Å². The minimum absolute atomic E-state index is 0.115. The fraction of sp³-hybridized carbons (Fsp3) is 0.474. The zero-order valence-corrected chi connectivity index (χ0v) is 15.6. The molecule has 9 nitrogen and oxygen atoms in total. The molecule has 0 aliphatic carbocycles. The number of H-pyrrole nitrogens is 1. The molecule has 9 heteroatoms. The number of aromatic amines is 1. The van der Waals surface area contributed by atoms with E-state index in [1.54, 1.807) is 0 Å². The lowest BCUT2D eigenvalue weighted by Gasteiger charge is -2.26. The zero-order chi connectivity index (χ0) is 18.9. The molecule has 0 atom stereocenters. The molecule has 2 fully saturated rings. The second-order valence-corrected chi connectivity index (χ2v) is 7.27. The maximum absolute atomic E-state index is 12.8. The van der Waals surface area contributed by atoms with Crippen LogP contribution in [0.1, 0.15) is 23.3 Å². The highest BCUT2D eigenvalue weighted by atomic mass is 16.5. The maximum Gasteiger partial charge on any atom is 0.270 e. The van der Waals surface area contributed by atoms with Crippen molar-refractivity contribution in [1.82, 2.24) is 30.8 Å². The van der Waals surface area contributed by atoms with E-state index in [0.717, 1.165) is 55.3 Å². The average Bonchev–Trinajstić information content (AvgIpc) is 3.19. The molecule has 0 bridgehead atoms. The summed E-state index contributed by atoms with van der Waals surface area (Å²) in [6.45, 7) is 4.75. The predicted octanol–water partition coefficient (Wildman–Crippen LogP) is 0.824. The van der Waals surface area contributed by atoms with Crippen molar-refractivity contribution in [2.24, 2.45) is 0 Å². The number of anilines is 1. The molecular formula is C19H23N7O2. The van der Waals surface area contributed by atoms with Crippen LogP contribution in [0.15, 0.2) is 18.3 Å². The minimum Gasteiger partial charge on any atom is -0.378 e. The lowest BCUT2D eigenvalue weighted by atomic mass is 10.1. The van der Waals surface area contributed by atoms with Crippen LogP contribution in [-0.4, -0.2) is 71.5 Å². The number of hydrogen-bond donors (Lipinski definition) is 3. The van der Waals surface area contributed by atoms with Gasteiger partial charge >= 0.3 is 0 Å². The Labute approximate surface area is 161 Å². The summed E-state index contributed by atoms with van der Waals surface area (Å²) in [5.41, 5.74) is 1.94. The minimum atomic E-state index is -0.115. The standard InChI is InChI=1S/C19H23N7O2/c27-18(22-13-3-5-20-6-4-13)17-14-2-1-12-11-21-19(26-7-9-28-10-8-26)23-15(12)16(14)24-25-17/h1-2,11,13,20H,3-10H2,(H,22,27)(H,24,25). The molecule has 0 radical (unpaired) electrons. The van der Waals surface area contributed by atoms with Crippen LogP contribution in [0.4, 0.5) is 5.95 Å². The van der Waals surface area contributed by atoms with Crippen molar-refractivity contribution in [3.8, 4) is 0 Å². The summed E-state index contributed by atoms with van der Waals surface area (Å²) in [4.78, 5) is 24.1. The first-order chi connectivity index (χ1) is 13.8. The molecule has 5 rings (SSSR count). The topological polar surface area (TPSA) is 108 Å². The predicted molar refractivity (Wildman–Crippen MR) is 106 cm³/mol. The van der Waals surface area contributed by atoms with E-state index in [1.807, 2.05) is 18.3 Å². The normalized spacial score (nSPS) is 18.6. The van der Waals surface area contributed by atoms with Gasteiger partial charge in [-0.3, -0.25) is 9.89 Å². The summed E-state index contributed by atoms with van der Waals surface area (Å²) in [5.74, 6) is 0.559. The third-order valence-electron chi connectivity index (χ3n) is 5.46. The lowest BCUT2D eigenvalue weighted by Crippen LogP contribution is -2.42. The second-order valence-electron chi connectivity index (χ2n) is 7.27. The summed E-state index contributed by atoms with van der Waals surface area (Å²) < 4.78 is 5.41. The number of morpholine rings is 1. The highest BCUT2D eigenvalue weighted by molar-refractivity contribution is 6.11. The molecule has 2 aliphatic rings. The summed E-state index contributed by atoms with van der Waals surface area (Å²) >= 11 is 0. The highest BCUT2D eigenvalue weighted by Gasteiger charge is 2.21. The van der Waals surface area contributed by atoms with Gasteiger partial charge in [-0.15, -0.1) is 0 Å². The highest BCUT2D eigenvalue weighted by Crippen LogP contribution is 2.26. The molecule has 146 valence electrons. The average molecular weight is 381 g/mol. The summed E-state index contributed by atoms with van der Waals surface area (Å²) in [7, 11) is 0. The summed E-state index contributed by atoms with van der Waals surface area (Å²) in [6.07, 6.45) is 3.70. The number of aromatic nitrogens is 4. The van der Waals surface area contributed by atoms with Crippen LogP contribution >= 0.6 is 0 Å². The number of nitrogens with zero attached hydrogens (tertiary/aromatic N) is 4. The number of hydrogen-bond acceptors (Lipinski definition) is 7. The van der Waals surface area contributed by atoms with Crippen LogP contribution in [0.3, 0.4) is 0 Å². The Balaban J connectivity index is 1.48. The van der Waals surface area contributed by atoms with Gasteiger partial charge in [0.15, 0.2) is 0 Å². The van der Waals surface area contributed by atoms with Crippen molar-refractivity contribution in [2.75, 3.05) is 44.3 Å². The van der Waals surface area contributed by atoms with E-state index < -0.39 is 0 Å². The smallest absolute Gasteiger partial charge is 0.270 e. The van der Waals surface area contributed by atoms with Gasteiger partial charge in [0.1, 0.15) is 16.7 Å². The number of carbonyl (C=O) groups excluding carboxylic acids is 1. The number of nitrogens with one attached hydrogen (secondary N) is 3. The van der Waals surface area contributed by atoms with Crippen molar-refractivity contribution in [3.63, 3.8) is 0 Å².